The number of carbonyl (C=O) groups excluding carboxylic acids is 2. The summed E-state index contributed by atoms with van der Waals surface area (Å²) in [6.07, 6.45) is 3.09. The lowest BCUT2D eigenvalue weighted by molar-refractivity contribution is -0.156. The summed E-state index contributed by atoms with van der Waals surface area (Å²) >= 11 is 11.8. The maximum absolute atomic E-state index is 16.0. The minimum absolute atomic E-state index is 0.00866. The molecule has 5 heterocycles. The molecule has 13 rings (SSSR count). The van der Waals surface area contributed by atoms with Gasteiger partial charge in [-0.2, -0.15) is 11.8 Å². The van der Waals surface area contributed by atoms with Crippen LogP contribution in [0.4, 0.5) is 5.13 Å². The van der Waals surface area contributed by atoms with Crippen molar-refractivity contribution in [2.75, 3.05) is 18.4 Å². The van der Waals surface area contributed by atoms with Crippen molar-refractivity contribution in [1.29, 1.82) is 0 Å². The molecule has 2 fully saturated rings. The molecule has 0 spiro atoms. The largest absolute Gasteiger partial charge is 0.477 e. The smallest absolute Gasteiger partial charge is 0.353 e. The van der Waals surface area contributed by atoms with Crippen molar-refractivity contribution in [3.05, 3.63) is 332 Å². The van der Waals surface area contributed by atoms with Gasteiger partial charge >= 0.3 is 5.97 Å². The van der Waals surface area contributed by atoms with Crippen molar-refractivity contribution >= 4 is 75.1 Å². The number of anilines is 1. The second-order valence-electron chi connectivity index (χ2n) is 22.3. The number of nitrogens with one attached hydrogen (secondary N) is 3. The quantitative estimate of drug-likeness (QED) is 0.0222. The number of carboxylic acid groups (broad SMARTS) is 1. The molecule has 2 aromatic heterocycles. The second-order valence-corrected chi connectivity index (χ2v) is 26.3. The second kappa shape index (κ2) is 26.9. The van der Waals surface area contributed by atoms with E-state index in [1.54, 1.807) is 6.20 Å². The monoisotopic (exact) mass is 1260 g/mol. The molecule has 0 bridgehead atoms. The van der Waals surface area contributed by atoms with Crippen LogP contribution in [0.15, 0.2) is 282 Å². The maximum Gasteiger partial charge on any atom is 0.353 e. The number of hydrogen-bond donors (Lipinski definition) is 4. The number of aliphatic carboxylic acids is 1. The van der Waals surface area contributed by atoms with Crippen LogP contribution in [-0.4, -0.2) is 73.9 Å². The van der Waals surface area contributed by atoms with E-state index >= 15 is 9.59 Å². The maximum atomic E-state index is 16.0. The van der Waals surface area contributed by atoms with Gasteiger partial charge in [0.2, 0.25) is 5.60 Å². The third-order valence-electron chi connectivity index (χ3n) is 17.0. The number of halogens is 1. The zero-order chi connectivity index (χ0) is 61.4. The Balaban J connectivity index is 0.939. The highest BCUT2D eigenvalue weighted by Gasteiger charge is 2.57. The number of oxime groups is 1. The number of hydrogen-bond acceptors (Lipinski definition) is 12. The van der Waals surface area contributed by atoms with Gasteiger partial charge in [0.05, 0.1) is 11.7 Å². The van der Waals surface area contributed by atoms with E-state index in [9.17, 15) is 9.90 Å². The van der Waals surface area contributed by atoms with Crippen molar-refractivity contribution in [2.45, 2.75) is 57.9 Å². The van der Waals surface area contributed by atoms with E-state index in [2.05, 4.69) is 76.6 Å². The fraction of sp³-hybridized carbons (Fsp3) is 0.162. The van der Waals surface area contributed by atoms with Crippen molar-refractivity contribution in [1.82, 2.24) is 25.5 Å². The summed E-state index contributed by atoms with van der Waals surface area (Å²) < 4.78 is 0.113. The SMILES string of the molecule is O=C(O)C1=C(Sc2cccnc2CSC2CCNC2)C(C(c2ccccc2)c2ccccc2)CC2C(NC(=O)C(=NOC(c3ccccc3)(c3ccccc3)c3ccccc3)c3nc(NC(c4ccccc4)(c4ccccc4)c4ccccc4)sc3Cl)C(=O)N12. The van der Waals surface area contributed by atoms with Gasteiger partial charge in [-0.1, -0.05) is 283 Å². The molecule has 448 valence electrons. The third-order valence-corrected chi connectivity index (χ3v) is 20.8. The first-order chi connectivity index (χ1) is 44.2. The van der Waals surface area contributed by atoms with E-state index in [1.807, 2.05) is 206 Å². The Labute approximate surface area is 540 Å². The van der Waals surface area contributed by atoms with Crippen LogP contribution in [0.2, 0.25) is 4.34 Å². The van der Waals surface area contributed by atoms with Crippen LogP contribution in [0, 0.1) is 5.92 Å². The molecule has 0 saturated carbocycles. The average molecular weight is 1260 g/mol. The van der Waals surface area contributed by atoms with Crippen molar-refractivity contribution in [3.8, 4) is 0 Å². The number of pyridine rings is 1. The zero-order valence-electron chi connectivity index (χ0n) is 48.7. The Morgan fingerprint density at radius 2 is 1.18 bits per heavy atom. The summed E-state index contributed by atoms with van der Waals surface area (Å²) in [7, 11) is 0. The molecule has 0 radical (unpaired) electrons. The molecule has 3 aliphatic rings. The van der Waals surface area contributed by atoms with E-state index in [0.717, 1.165) is 69.3 Å². The lowest BCUT2D eigenvalue weighted by Crippen LogP contribution is -2.73. The third kappa shape index (κ3) is 11.9. The summed E-state index contributed by atoms with van der Waals surface area (Å²) in [4.78, 5) is 65.4. The number of carbonyl (C=O) groups is 3. The molecule has 4 unspecified atom stereocenters. The molecular weight excluding hydrogens is 1200 g/mol. The van der Waals surface area contributed by atoms with E-state index in [4.69, 9.17) is 31.6 Å². The van der Waals surface area contributed by atoms with Gasteiger partial charge in [-0.15, -0.1) is 0 Å². The summed E-state index contributed by atoms with van der Waals surface area (Å²) in [5, 5.41) is 27.7. The minimum Gasteiger partial charge on any atom is -0.477 e. The molecule has 4 N–H and O–H groups in total. The average Bonchev–Trinajstić information content (AvgIpc) is 0.739. The summed E-state index contributed by atoms with van der Waals surface area (Å²) in [5.74, 6) is -2.93. The number of carboxylic acids is 1. The first-order valence-electron chi connectivity index (χ1n) is 29.9. The van der Waals surface area contributed by atoms with E-state index < -0.39 is 46.9 Å². The van der Waals surface area contributed by atoms with Crippen LogP contribution < -0.4 is 16.0 Å². The Kier molecular flexibility index (Phi) is 17.9. The lowest BCUT2D eigenvalue weighted by Gasteiger charge is -2.53. The predicted octanol–water partition coefficient (Wildman–Crippen LogP) is 14.5. The number of fused-ring (bicyclic) bond motifs is 1. The first-order valence-corrected chi connectivity index (χ1v) is 33.0. The highest BCUT2D eigenvalue weighted by atomic mass is 35.5. The van der Waals surface area contributed by atoms with Gasteiger partial charge in [-0.3, -0.25) is 19.5 Å². The number of thiazole rings is 1. The topological polar surface area (TPSA) is 158 Å². The Bertz CT molecular complexity index is 3960. The fourth-order valence-electron chi connectivity index (χ4n) is 12.8. The standard InChI is InChI=1S/C74H62ClN7O5S3/c75-68-64(79-72(90-68)80-73(51-30-13-3-14-31-51,52-32-15-4-16-33-52)53-34-17-5-18-35-53)65(81-87-74(54-36-19-6-20-37-54,55-38-21-7-22-39-55)56-40-23-8-24-41-56)69(83)78-63-60-46-58(62(49-26-9-1-10-27-49)50-28-11-2-12-29-50)67(66(71(85)86)82(60)70(63)84)89-61-42-25-44-77-59(61)48-88-57-43-45-76-47-57/h1-42,44,57-58,60,62-63,76H,43,45-48H2,(H,78,83)(H,79,80)(H,85,86). The van der Waals surface area contributed by atoms with Gasteiger partial charge in [-0.05, 0) is 59.3 Å². The van der Waals surface area contributed by atoms with Gasteiger partial charge in [0.25, 0.3) is 11.8 Å². The molecule has 2 amide bonds. The summed E-state index contributed by atoms with van der Waals surface area (Å²) in [5.41, 5.74) is 4.71. The molecule has 4 atom stereocenters. The van der Waals surface area contributed by atoms with Crippen LogP contribution >= 0.6 is 46.5 Å². The van der Waals surface area contributed by atoms with Gasteiger partial charge < -0.3 is 25.9 Å². The molecule has 3 aliphatic heterocycles. The van der Waals surface area contributed by atoms with Gasteiger partial charge in [0, 0.05) is 62.1 Å². The van der Waals surface area contributed by atoms with E-state index in [-0.39, 0.29) is 33.8 Å². The van der Waals surface area contributed by atoms with Crippen molar-refractivity contribution < 1.29 is 24.3 Å². The molecule has 90 heavy (non-hydrogen) atoms. The number of aromatic nitrogens is 2. The van der Waals surface area contributed by atoms with Crippen LogP contribution in [-0.2, 0) is 36.1 Å². The zero-order valence-corrected chi connectivity index (χ0v) is 51.9. The van der Waals surface area contributed by atoms with Crippen LogP contribution in [0.25, 0.3) is 0 Å². The first kappa shape index (κ1) is 59.9. The summed E-state index contributed by atoms with van der Waals surface area (Å²) in [6.45, 7) is 1.87. The highest BCUT2D eigenvalue weighted by Crippen LogP contribution is 2.53. The lowest BCUT2D eigenvalue weighted by atomic mass is 9.71. The molecule has 12 nitrogen and oxygen atoms in total. The van der Waals surface area contributed by atoms with Gasteiger partial charge in [0.1, 0.15) is 27.3 Å². The normalized spacial score (nSPS) is 17.6. The van der Waals surface area contributed by atoms with Crippen molar-refractivity contribution in [2.24, 2.45) is 11.1 Å². The number of nitrogens with zero attached hydrogens (tertiary/aromatic N) is 4. The number of β-lactam (4-membered cyclic amide) rings is 1. The molecule has 16 heteroatoms. The van der Waals surface area contributed by atoms with Gasteiger partial charge in [0.15, 0.2) is 10.8 Å². The van der Waals surface area contributed by atoms with Crippen LogP contribution in [0.5, 0.6) is 0 Å². The number of thioether (sulfide) groups is 2. The highest BCUT2D eigenvalue weighted by molar-refractivity contribution is 8.03. The summed E-state index contributed by atoms with van der Waals surface area (Å²) in [6, 6.07) is 81.1. The molecule has 10 aromatic rings. The molecule has 0 aliphatic carbocycles. The number of allylic oxidation sites excluding steroid dienone is 1. The molecular formula is C74H62ClN7O5S3. The van der Waals surface area contributed by atoms with Gasteiger partial charge in [-0.25, -0.2) is 9.78 Å². The number of amides is 2. The minimum atomic E-state index is -1.46. The van der Waals surface area contributed by atoms with E-state index in [1.165, 1.54) is 16.7 Å². The Morgan fingerprint density at radius 1 is 0.689 bits per heavy atom. The number of rotatable bonds is 22. The van der Waals surface area contributed by atoms with E-state index in [0.29, 0.717) is 37.7 Å². The molecule has 8 aromatic carbocycles. The fourth-order valence-corrected chi connectivity index (χ4v) is 16.5. The predicted molar refractivity (Wildman–Crippen MR) is 360 cm³/mol. The Morgan fingerprint density at radius 3 is 1.66 bits per heavy atom. The molecule has 2 saturated heterocycles. The number of benzene rings is 8. The Hall–Kier alpha value is -9.09. The van der Waals surface area contributed by atoms with Crippen LogP contribution in [0.1, 0.15) is 74.7 Å². The van der Waals surface area contributed by atoms with Crippen molar-refractivity contribution in [3.63, 3.8) is 0 Å². The van der Waals surface area contributed by atoms with Crippen LogP contribution in [0.3, 0.4) is 0 Å².